The SMILES string of the molecule is CNC(=O)CC1C(=O)NCCN1Cc1cccc(C(=O)Nc2cn(C)nn2)c1. The lowest BCUT2D eigenvalue weighted by molar-refractivity contribution is -0.134. The molecule has 2 heterocycles. The van der Waals surface area contributed by atoms with Gasteiger partial charge < -0.3 is 16.0 Å². The Bertz CT molecular complexity index is 880. The molecule has 1 aromatic carbocycles. The fourth-order valence-electron chi connectivity index (χ4n) is 3.09. The van der Waals surface area contributed by atoms with Gasteiger partial charge in [-0.2, -0.15) is 0 Å². The van der Waals surface area contributed by atoms with E-state index in [0.29, 0.717) is 31.0 Å². The molecular weight excluding hydrogens is 362 g/mol. The van der Waals surface area contributed by atoms with Gasteiger partial charge in [0.2, 0.25) is 11.8 Å². The van der Waals surface area contributed by atoms with Crippen molar-refractivity contribution in [2.75, 3.05) is 25.5 Å². The molecule has 1 atom stereocenters. The van der Waals surface area contributed by atoms with Crippen molar-refractivity contribution in [2.45, 2.75) is 19.0 Å². The molecule has 10 nitrogen and oxygen atoms in total. The first kappa shape index (κ1) is 19.5. The Hall–Kier alpha value is -3.27. The molecule has 0 saturated carbocycles. The molecule has 0 radical (unpaired) electrons. The number of hydrogen-bond acceptors (Lipinski definition) is 6. The van der Waals surface area contributed by atoms with Gasteiger partial charge in [-0.25, -0.2) is 0 Å². The van der Waals surface area contributed by atoms with E-state index in [1.54, 1.807) is 38.5 Å². The van der Waals surface area contributed by atoms with Crippen molar-refractivity contribution < 1.29 is 14.4 Å². The first-order valence-electron chi connectivity index (χ1n) is 8.95. The van der Waals surface area contributed by atoms with E-state index in [2.05, 4.69) is 26.3 Å². The van der Waals surface area contributed by atoms with Gasteiger partial charge in [0, 0.05) is 39.3 Å². The van der Waals surface area contributed by atoms with Gasteiger partial charge in [-0.15, -0.1) is 5.10 Å². The molecular formula is C18H23N7O3. The summed E-state index contributed by atoms with van der Waals surface area (Å²) in [6, 6.07) is 6.63. The minimum Gasteiger partial charge on any atom is -0.359 e. The first-order valence-corrected chi connectivity index (χ1v) is 8.95. The van der Waals surface area contributed by atoms with Crippen LogP contribution in [0.15, 0.2) is 30.5 Å². The molecule has 1 saturated heterocycles. The first-order chi connectivity index (χ1) is 13.5. The van der Waals surface area contributed by atoms with Crippen LogP contribution >= 0.6 is 0 Å². The standard InChI is InChI=1S/C18H23N7O3/c1-19-16(26)9-14-18(28)20-6-7-25(14)10-12-4-3-5-13(8-12)17(27)21-15-11-24(2)23-22-15/h3-5,8,11,14H,6-7,9-10H2,1-2H3,(H,19,26)(H,20,28)(H,21,27). The van der Waals surface area contributed by atoms with Crippen LogP contribution in [0.3, 0.4) is 0 Å². The molecule has 148 valence electrons. The monoisotopic (exact) mass is 385 g/mol. The molecule has 1 aliphatic heterocycles. The number of benzene rings is 1. The lowest BCUT2D eigenvalue weighted by Crippen LogP contribution is -2.56. The van der Waals surface area contributed by atoms with E-state index < -0.39 is 6.04 Å². The molecule has 2 aromatic rings. The number of carbonyl (C=O) groups is 3. The molecule has 3 amide bonds. The molecule has 10 heteroatoms. The lowest BCUT2D eigenvalue weighted by Gasteiger charge is -2.34. The zero-order chi connectivity index (χ0) is 20.1. The van der Waals surface area contributed by atoms with Crippen molar-refractivity contribution in [3.63, 3.8) is 0 Å². The predicted molar refractivity (Wildman–Crippen MR) is 101 cm³/mol. The molecule has 1 aliphatic rings. The second kappa shape index (κ2) is 8.61. The van der Waals surface area contributed by atoms with E-state index in [4.69, 9.17) is 0 Å². The van der Waals surface area contributed by atoms with E-state index >= 15 is 0 Å². The van der Waals surface area contributed by atoms with E-state index in [1.807, 2.05) is 11.0 Å². The number of nitrogens with zero attached hydrogens (tertiary/aromatic N) is 4. The molecule has 0 bridgehead atoms. The molecule has 1 aromatic heterocycles. The zero-order valence-electron chi connectivity index (χ0n) is 15.8. The van der Waals surface area contributed by atoms with Crippen LogP contribution in [0.1, 0.15) is 22.3 Å². The van der Waals surface area contributed by atoms with Gasteiger partial charge in [0.25, 0.3) is 5.91 Å². The second-order valence-corrected chi connectivity index (χ2v) is 6.59. The molecule has 0 aliphatic carbocycles. The summed E-state index contributed by atoms with van der Waals surface area (Å²) in [5.74, 6) is -0.271. The highest BCUT2D eigenvalue weighted by molar-refractivity contribution is 6.03. The van der Waals surface area contributed by atoms with Crippen molar-refractivity contribution in [2.24, 2.45) is 7.05 Å². The zero-order valence-corrected chi connectivity index (χ0v) is 15.8. The molecule has 3 rings (SSSR count). The fourth-order valence-corrected chi connectivity index (χ4v) is 3.09. The van der Waals surface area contributed by atoms with Crippen molar-refractivity contribution >= 4 is 23.5 Å². The third kappa shape index (κ3) is 4.71. The number of hydrogen-bond donors (Lipinski definition) is 3. The maximum atomic E-state index is 12.4. The average Bonchev–Trinajstić information content (AvgIpc) is 3.09. The van der Waals surface area contributed by atoms with Crippen LogP contribution in [0.2, 0.25) is 0 Å². The van der Waals surface area contributed by atoms with Gasteiger partial charge in [0.1, 0.15) is 0 Å². The van der Waals surface area contributed by atoms with Crippen LogP contribution in [-0.4, -0.2) is 63.8 Å². The van der Waals surface area contributed by atoms with Crippen LogP contribution in [0.4, 0.5) is 5.82 Å². The van der Waals surface area contributed by atoms with Crippen LogP contribution in [0.25, 0.3) is 0 Å². The largest absolute Gasteiger partial charge is 0.359 e. The highest BCUT2D eigenvalue weighted by Crippen LogP contribution is 2.16. The van der Waals surface area contributed by atoms with Crippen LogP contribution in [0.5, 0.6) is 0 Å². The van der Waals surface area contributed by atoms with Gasteiger partial charge in [0.15, 0.2) is 5.82 Å². The van der Waals surface area contributed by atoms with Crippen molar-refractivity contribution in [1.82, 2.24) is 30.5 Å². The lowest BCUT2D eigenvalue weighted by atomic mass is 10.0. The van der Waals surface area contributed by atoms with E-state index in [-0.39, 0.29) is 24.1 Å². The molecule has 28 heavy (non-hydrogen) atoms. The number of nitrogens with one attached hydrogen (secondary N) is 3. The molecule has 1 unspecified atom stereocenters. The number of rotatable bonds is 6. The quantitative estimate of drug-likeness (QED) is 0.617. The highest BCUT2D eigenvalue weighted by Gasteiger charge is 2.31. The number of amides is 3. The van der Waals surface area contributed by atoms with E-state index in [0.717, 1.165) is 5.56 Å². The summed E-state index contributed by atoms with van der Waals surface area (Å²) in [7, 11) is 3.26. The minimum atomic E-state index is -0.536. The number of anilines is 1. The third-order valence-electron chi connectivity index (χ3n) is 4.52. The van der Waals surface area contributed by atoms with Crippen LogP contribution in [-0.2, 0) is 23.2 Å². The Morgan fingerprint density at radius 1 is 1.36 bits per heavy atom. The maximum absolute atomic E-state index is 12.4. The average molecular weight is 385 g/mol. The minimum absolute atomic E-state index is 0.0924. The molecule has 1 fully saturated rings. The smallest absolute Gasteiger partial charge is 0.256 e. The topological polar surface area (TPSA) is 121 Å². The van der Waals surface area contributed by atoms with Gasteiger partial charge in [0.05, 0.1) is 18.7 Å². The Balaban J connectivity index is 1.71. The van der Waals surface area contributed by atoms with E-state index in [9.17, 15) is 14.4 Å². The Kier molecular flexibility index (Phi) is 5.99. The summed E-state index contributed by atoms with van der Waals surface area (Å²) in [6.07, 6.45) is 1.70. The third-order valence-corrected chi connectivity index (χ3v) is 4.52. The predicted octanol–water partition coefficient (Wildman–Crippen LogP) is -0.496. The van der Waals surface area contributed by atoms with Crippen LogP contribution in [0, 0.1) is 0 Å². The van der Waals surface area contributed by atoms with Gasteiger partial charge in [-0.3, -0.25) is 24.0 Å². The number of aryl methyl sites for hydroxylation is 1. The summed E-state index contributed by atoms with van der Waals surface area (Å²) in [5.41, 5.74) is 1.36. The van der Waals surface area contributed by atoms with E-state index in [1.165, 1.54) is 4.68 Å². The maximum Gasteiger partial charge on any atom is 0.256 e. The normalized spacial score (nSPS) is 17.1. The highest BCUT2D eigenvalue weighted by atomic mass is 16.2. The van der Waals surface area contributed by atoms with Gasteiger partial charge >= 0.3 is 0 Å². The van der Waals surface area contributed by atoms with Gasteiger partial charge in [-0.05, 0) is 17.7 Å². The molecule has 0 spiro atoms. The van der Waals surface area contributed by atoms with Crippen LogP contribution < -0.4 is 16.0 Å². The van der Waals surface area contributed by atoms with Crippen molar-refractivity contribution in [3.8, 4) is 0 Å². The second-order valence-electron chi connectivity index (χ2n) is 6.59. The number of carbonyl (C=O) groups excluding carboxylic acids is 3. The summed E-state index contributed by atoms with van der Waals surface area (Å²) in [4.78, 5) is 38.4. The Morgan fingerprint density at radius 2 is 2.18 bits per heavy atom. The fraction of sp³-hybridized carbons (Fsp3) is 0.389. The Labute approximate surface area is 162 Å². The summed E-state index contributed by atoms with van der Waals surface area (Å²) in [6.45, 7) is 1.61. The molecule has 3 N–H and O–H groups in total. The summed E-state index contributed by atoms with van der Waals surface area (Å²) >= 11 is 0. The van der Waals surface area contributed by atoms with Gasteiger partial charge in [-0.1, -0.05) is 17.3 Å². The number of piperazine rings is 1. The number of aromatic nitrogens is 3. The Morgan fingerprint density at radius 3 is 2.89 bits per heavy atom. The van der Waals surface area contributed by atoms with Crippen molar-refractivity contribution in [3.05, 3.63) is 41.6 Å². The summed E-state index contributed by atoms with van der Waals surface area (Å²) in [5, 5.41) is 15.7. The summed E-state index contributed by atoms with van der Waals surface area (Å²) < 4.78 is 1.50. The van der Waals surface area contributed by atoms with Crippen molar-refractivity contribution in [1.29, 1.82) is 0 Å².